The molecule has 98 valence electrons. The summed E-state index contributed by atoms with van der Waals surface area (Å²) in [5.41, 5.74) is 1.44. The van der Waals surface area contributed by atoms with Crippen LogP contribution in [0.15, 0.2) is 47.9 Å². The first-order valence-corrected chi connectivity index (χ1v) is 6.19. The standard InChI is InChI=1S/C15H15NO3/c1-2-6-15(18)19-13-10-14(17)16-12(13)9-11-7-4-3-5-8-11/h3-5,7-10H,2,6H2,1H3,(H,16,17)/b12-9-. The molecule has 1 aliphatic rings. The molecule has 0 atom stereocenters. The largest absolute Gasteiger partial charge is 0.424 e. The van der Waals surface area contributed by atoms with Gasteiger partial charge in [-0.1, -0.05) is 37.3 Å². The lowest BCUT2D eigenvalue weighted by Gasteiger charge is -2.06. The van der Waals surface area contributed by atoms with Crippen LogP contribution in [0.2, 0.25) is 0 Å². The molecule has 0 saturated heterocycles. The lowest BCUT2D eigenvalue weighted by atomic mass is 10.2. The molecule has 1 aromatic rings. The monoisotopic (exact) mass is 257 g/mol. The Bertz CT molecular complexity index is 544. The number of amides is 1. The Balaban J connectivity index is 2.17. The highest BCUT2D eigenvalue weighted by Crippen LogP contribution is 2.19. The van der Waals surface area contributed by atoms with Crippen molar-refractivity contribution in [3.63, 3.8) is 0 Å². The van der Waals surface area contributed by atoms with Crippen LogP contribution in [0.3, 0.4) is 0 Å². The van der Waals surface area contributed by atoms with Gasteiger partial charge in [0.25, 0.3) is 5.91 Å². The molecular formula is C15H15NO3. The summed E-state index contributed by atoms with van der Waals surface area (Å²) in [6.45, 7) is 1.90. The maximum absolute atomic E-state index is 11.5. The van der Waals surface area contributed by atoms with E-state index in [9.17, 15) is 9.59 Å². The highest BCUT2D eigenvalue weighted by Gasteiger charge is 2.21. The number of carbonyl (C=O) groups excluding carboxylic acids is 2. The summed E-state index contributed by atoms with van der Waals surface area (Å²) in [6.07, 6.45) is 4.12. The second kappa shape index (κ2) is 6.00. The van der Waals surface area contributed by atoms with Crippen LogP contribution in [0.25, 0.3) is 6.08 Å². The van der Waals surface area contributed by atoms with E-state index in [1.165, 1.54) is 6.08 Å². The van der Waals surface area contributed by atoms with Crippen LogP contribution in [0, 0.1) is 0 Å². The van der Waals surface area contributed by atoms with Gasteiger partial charge < -0.3 is 10.1 Å². The quantitative estimate of drug-likeness (QED) is 0.842. The number of hydrogen-bond donors (Lipinski definition) is 1. The molecule has 0 unspecified atom stereocenters. The minimum atomic E-state index is -0.329. The molecule has 0 aromatic heterocycles. The molecule has 4 heteroatoms. The minimum absolute atomic E-state index is 0.276. The molecule has 0 radical (unpaired) electrons. The van der Waals surface area contributed by atoms with Crippen molar-refractivity contribution in [3.05, 3.63) is 53.4 Å². The SMILES string of the molecule is CCCC(=O)OC1=CC(=O)N/C1=C\c1ccccc1. The molecule has 1 heterocycles. The molecule has 0 aliphatic carbocycles. The average Bonchev–Trinajstić information content (AvgIpc) is 2.71. The van der Waals surface area contributed by atoms with Gasteiger partial charge in [0.05, 0.1) is 5.70 Å². The fourth-order valence-corrected chi connectivity index (χ4v) is 1.71. The predicted octanol–water partition coefficient (Wildman–Crippen LogP) is 2.38. The first kappa shape index (κ1) is 13.1. The second-order valence-corrected chi connectivity index (χ2v) is 4.19. The number of ether oxygens (including phenoxy) is 1. The lowest BCUT2D eigenvalue weighted by molar-refractivity contribution is -0.139. The zero-order valence-electron chi connectivity index (χ0n) is 10.7. The Hall–Kier alpha value is -2.36. The second-order valence-electron chi connectivity index (χ2n) is 4.19. The maximum Gasteiger partial charge on any atom is 0.311 e. The molecule has 19 heavy (non-hydrogen) atoms. The fraction of sp³-hybridized carbons (Fsp3) is 0.200. The molecule has 1 aromatic carbocycles. The highest BCUT2D eigenvalue weighted by atomic mass is 16.5. The summed E-state index contributed by atoms with van der Waals surface area (Å²) in [7, 11) is 0. The number of benzene rings is 1. The van der Waals surface area contributed by atoms with Gasteiger partial charge in [-0.3, -0.25) is 9.59 Å². The van der Waals surface area contributed by atoms with Gasteiger partial charge in [0, 0.05) is 12.5 Å². The van der Waals surface area contributed by atoms with E-state index >= 15 is 0 Å². The number of carbonyl (C=O) groups is 2. The van der Waals surface area contributed by atoms with E-state index in [0.717, 1.165) is 5.56 Å². The van der Waals surface area contributed by atoms with Crippen LogP contribution in [-0.2, 0) is 14.3 Å². The minimum Gasteiger partial charge on any atom is -0.424 e. The molecule has 0 fully saturated rings. The Morgan fingerprint density at radius 3 is 2.74 bits per heavy atom. The normalized spacial score (nSPS) is 16.2. The average molecular weight is 257 g/mol. The number of nitrogens with one attached hydrogen (secondary N) is 1. The van der Waals surface area contributed by atoms with E-state index in [1.807, 2.05) is 37.3 Å². The van der Waals surface area contributed by atoms with Gasteiger partial charge in [-0.05, 0) is 18.1 Å². The Kier molecular flexibility index (Phi) is 4.13. The van der Waals surface area contributed by atoms with Gasteiger partial charge in [-0.15, -0.1) is 0 Å². The van der Waals surface area contributed by atoms with E-state index < -0.39 is 0 Å². The van der Waals surface area contributed by atoms with Crippen LogP contribution < -0.4 is 5.32 Å². The van der Waals surface area contributed by atoms with Gasteiger partial charge in [-0.25, -0.2) is 0 Å². The zero-order valence-corrected chi connectivity index (χ0v) is 10.7. The Morgan fingerprint density at radius 2 is 2.05 bits per heavy atom. The first-order valence-electron chi connectivity index (χ1n) is 6.19. The van der Waals surface area contributed by atoms with Crippen LogP contribution in [0.1, 0.15) is 25.3 Å². The van der Waals surface area contributed by atoms with Crippen molar-refractivity contribution in [1.29, 1.82) is 0 Å². The van der Waals surface area contributed by atoms with E-state index in [0.29, 0.717) is 18.5 Å². The van der Waals surface area contributed by atoms with Crippen LogP contribution in [0.4, 0.5) is 0 Å². The van der Waals surface area contributed by atoms with Gasteiger partial charge in [-0.2, -0.15) is 0 Å². The summed E-state index contributed by atoms with van der Waals surface area (Å²) < 4.78 is 5.18. The third-order valence-corrected chi connectivity index (χ3v) is 2.57. The smallest absolute Gasteiger partial charge is 0.311 e. The van der Waals surface area contributed by atoms with Gasteiger partial charge in [0.2, 0.25) is 0 Å². The number of rotatable bonds is 4. The van der Waals surface area contributed by atoms with E-state index in [2.05, 4.69) is 5.32 Å². The van der Waals surface area contributed by atoms with Crippen molar-refractivity contribution in [1.82, 2.24) is 5.32 Å². The summed E-state index contributed by atoms with van der Waals surface area (Å²) in [5, 5.41) is 2.65. The van der Waals surface area contributed by atoms with Crippen LogP contribution >= 0.6 is 0 Å². The summed E-state index contributed by atoms with van der Waals surface area (Å²) in [5.74, 6) is -0.321. The van der Waals surface area contributed by atoms with E-state index in [1.54, 1.807) is 6.08 Å². The summed E-state index contributed by atoms with van der Waals surface area (Å²) in [4.78, 5) is 22.8. The number of esters is 1. The van der Waals surface area contributed by atoms with E-state index in [4.69, 9.17) is 4.74 Å². The molecule has 0 saturated carbocycles. The Labute approximate surface area is 111 Å². The molecular weight excluding hydrogens is 242 g/mol. The third-order valence-electron chi connectivity index (χ3n) is 2.57. The van der Waals surface area contributed by atoms with Crippen LogP contribution in [0.5, 0.6) is 0 Å². The topological polar surface area (TPSA) is 55.4 Å². The van der Waals surface area contributed by atoms with Crippen molar-refractivity contribution < 1.29 is 14.3 Å². The third kappa shape index (κ3) is 3.55. The fourth-order valence-electron chi connectivity index (χ4n) is 1.71. The zero-order chi connectivity index (χ0) is 13.7. The molecule has 0 bridgehead atoms. The summed E-state index contributed by atoms with van der Waals surface area (Å²) >= 11 is 0. The molecule has 1 N–H and O–H groups in total. The van der Waals surface area contributed by atoms with Crippen molar-refractivity contribution in [3.8, 4) is 0 Å². The molecule has 4 nitrogen and oxygen atoms in total. The van der Waals surface area contributed by atoms with Crippen LogP contribution in [-0.4, -0.2) is 11.9 Å². The predicted molar refractivity (Wildman–Crippen MR) is 71.6 cm³/mol. The lowest BCUT2D eigenvalue weighted by Crippen LogP contribution is -2.14. The molecule has 1 amide bonds. The molecule has 0 spiro atoms. The maximum atomic E-state index is 11.5. The van der Waals surface area contributed by atoms with Crippen molar-refractivity contribution in [2.24, 2.45) is 0 Å². The van der Waals surface area contributed by atoms with Gasteiger partial charge in [0.15, 0.2) is 5.76 Å². The van der Waals surface area contributed by atoms with Crippen molar-refractivity contribution >= 4 is 18.0 Å². The number of hydrogen-bond acceptors (Lipinski definition) is 3. The van der Waals surface area contributed by atoms with Crippen molar-refractivity contribution in [2.75, 3.05) is 0 Å². The van der Waals surface area contributed by atoms with Gasteiger partial charge >= 0.3 is 5.97 Å². The van der Waals surface area contributed by atoms with Gasteiger partial charge in [0.1, 0.15) is 0 Å². The van der Waals surface area contributed by atoms with Crippen molar-refractivity contribution in [2.45, 2.75) is 19.8 Å². The molecule has 2 rings (SSSR count). The van der Waals surface area contributed by atoms with E-state index in [-0.39, 0.29) is 17.6 Å². The molecule has 1 aliphatic heterocycles. The highest BCUT2D eigenvalue weighted by molar-refractivity contribution is 5.96. The first-order chi connectivity index (χ1) is 9.19. The Morgan fingerprint density at radius 1 is 1.32 bits per heavy atom. The summed E-state index contributed by atoms with van der Waals surface area (Å²) in [6, 6.07) is 9.52.